The van der Waals surface area contributed by atoms with Gasteiger partial charge in [-0.3, -0.25) is 4.40 Å². The van der Waals surface area contributed by atoms with Crippen molar-refractivity contribution in [1.82, 2.24) is 19.3 Å². The number of piperidine rings is 1. The van der Waals surface area contributed by atoms with E-state index in [0.717, 1.165) is 30.6 Å². The minimum Gasteiger partial charge on any atom is -0.449 e. The van der Waals surface area contributed by atoms with E-state index in [1.54, 1.807) is 6.20 Å². The standard InChI is InChI=1S/C14H16BrN5O2/c15-11-10-12(16)17-4-5-19(10)13(18-11)8-1-2-9-3-6-22-14(21)20(9)7-8/h4-5,8-9H,1-3,6-7H2,(H2,16,17)/t8-,9+/m1/s1. The van der Waals surface area contributed by atoms with Crippen molar-refractivity contribution in [3.8, 4) is 0 Å². The topological polar surface area (TPSA) is 85.8 Å². The highest BCUT2D eigenvalue weighted by molar-refractivity contribution is 9.10. The Hall–Kier alpha value is -1.83. The van der Waals surface area contributed by atoms with Gasteiger partial charge in [-0.2, -0.15) is 0 Å². The van der Waals surface area contributed by atoms with Crippen LogP contribution in [-0.2, 0) is 4.74 Å². The summed E-state index contributed by atoms with van der Waals surface area (Å²) in [5.74, 6) is 1.52. The number of carbonyl (C=O) groups excluding carboxylic acids is 1. The van der Waals surface area contributed by atoms with E-state index in [4.69, 9.17) is 10.5 Å². The Morgan fingerprint density at radius 2 is 2.23 bits per heavy atom. The van der Waals surface area contributed by atoms with Crippen LogP contribution in [0.15, 0.2) is 17.0 Å². The van der Waals surface area contributed by atoms with E-state index < -0.39 is 0 Å². The van der Waals surface area contributed by atoms with Crippen LogP contribution < -0.4 is 5.73 Å². The molecule has 2 N–H and O–H groups in total. The zero-order chi connectivity index (χ0) is 15.3. The molecule has 0 aliphatic carbocycles. The second-order valence-corrected chi connectivity index (χ2v) is 6.53. The number of hydrogen-bond donors (Lipinski definition) is 1. The van der Waals surface area contributed by atoms with Gasteiger partial charge in [-0.05, 0) is 28.8 Å². The van der Waals surface area contributed by atoms with Crippen molar-refractivity contribution in [2.24, 2.45) is 0 Å². The number of halogens is 1. The van der Waals surface area contributed by atoms with Crippen molar-refractivity contribution in [1.29, 1.82) is 0 Å². The molecule has 2 aromatic heterocycles. The van der Waals surface area contributed by atoms with Gasteiger partial charge >= 0.3 is 6.09 Å². The smallest absolute Gasteiger partial charge is 0.410 e. The lowest BCUT2D eigenvalue weighted by molar-refractivity contribution is 0.0245. The molecule has 2 saturated heterocycles. The Morgan fingerprint density at radius 3 is 3.09 bits per heavy atom. The molecule has 0 aromatic carbocycles. The molecule has 2 aliphatic heterocycles. The minimum atomic E-state index is -0.206. The van der Waals surface area contributed by atoms with Gasteiger partial charge in [0.05, 0.1) is 6.61 Å². The molecule has 0 spiro atoms. The Kier molecular flexibility index (Phi) is 3.21. The molecule has 0 radical (unpaired) electrons. The minimum absolute atomic E-state index is 0.169. The Balaban J connectivity index is 1.71. The Morgan fingerprint density at radius 1 is 1.36 bits per heavy atom. The third kappa shape index (κ3) is 2.05. The summed E-state index contributed by atoms with van der Waals surface area (Å²) in [5.41, 5.74) is 6.72. The number of imidazole rings is 1. The van der Waals surface area contributed by atoms with Gasteiger partial charge in [0.2, 0.25) is 0 Å². The predicted octanol–water partition coefficient (Wildman–Crippen LogP) is 2.16. The molecule has 8 heteroatoms. The van der Waals surface area contributed by atoms with E-state index >= 15 is 0 Å². The summed E-state index contributed by atoms with van der Waals surface area (Å²) < 4.78 is 7.82. The number of anilines is 1. The Bertz CT molecular complexity index is 746. The molecule has 4 heterocycles. The van der Waals surface area contributed by atoms with Gasteiger partial charge in [-0.15, -0.1) is 0 Å². The summed E-state index contributed by atoms with van der Waals surface area (Å²) >= 11 is 3.46. The summed E-state index contributed by atoms with van der Waals surface area (Å²) in [7, 11) is 0. The molecule has 2 atom stereocenters. The first-order valence-electron chi connectivity index (χ1n) is 7.36. The molecule has 0 saturated carbocycles. The van der Waals surface area contributed by atoms with Crippen LogP contribution in [0.4, 0.5) is 10.6 Å². The molecule has 2 fully saturated rings. The van der Waals surface area contributed by atoms with Gasteiger partial charge in [0.25, 0.3) is 0 Å². The van der Waals surface area contributed by atoms with Crippen molar-refractivity contribution in [3.05, 3.63) is 22.8 Å². The monoisotopic (exact) mass is 365 g/mol. The number of hydrogen-bond acceptors (Lipinski definition) is 5. The molecule has 22 heavy (non-hydrogen) atoms. The lowest BCUT2D eigenvalue weighted by atomic mass is 9.90. The van der Waals surface area contributed by atoms with Crippen LogP contribution in [0.1, 0.15) is 31.0 Å². The maximum absolute atomic E-state index is 12.0. The molecular weight excluding hydrogens is 350 g/mol. The molecule has 2 aliphatic rings. The fourth-order valence-electron chi connectivity index (χ4n) is 3.46. The van der Waals surface area contributed by atoms with Gasteiger partial charge in [-0.1, -0.05) is 0 Å². The van der Waals surface area contributed by atoms with E-state index in [2.05, 4.69) is 25.9 Å². The van der Waals surface area contributed by atoms with Crippen molar-refractivity contribution in [3.63, 3.8) is 0 Å². The normalized spacial score (nSPS) is 25.1. The number of rotatable bonds is 1. The molecule has 0 bridgehead atoms. The zero-order valence-corrected chi connectivity index (χ0v) is 13.5. The second kappa shape index (κ2) is 5.12. The Labute approximate surface area is 135 Å². The molecule has 1 amide bonds. The fraction of sp³-hybridized carbons (Fsp3) is 0.500. The molecule has 7 nitrogen and oxygen atoms in total. The quantitative estimate of drug-likeness (QED) is 0.836. The molecule has 2 aromatic rings. The van der Waals surface area contributed by atoms with Gasteiger partial charge in [0, 0.05) is 37.3 Å². The fourth-order valence-corrected chi connectivity index (χ4v) is 4.03. The molecule has 0 unspecified atom stereocenters. The number of aromatic nitrogens is 3. The highest BCUT2D eigenvalue weighted by Crippen LogP contribution is 2.35. The van der Waals surface area contributed by atoms with Crippen LogP contribution in [0.3, 0.4) is 0 Å². The molecule has 116 valence electrons. The highest BCUT2D eigenvalue weighted by Gasteiger charge is 2.37. The molecule has 4 rings (SSSR count). The third-order valence-electron chi connectivity index (χ3n) is 4.55. The molecular formula is C14H16BrN5O2. The number of nitrogens with two attached hydrogens (primary N) is 1. The van der Waals surface area contributed by atoms with Crippen molar-refractivity contribution >= 4 is 33.4 Å². The number of fused-ring (bicyclic) bond motifs is 2. The van der Waals surface area contributed by atoms with Gasteiger partial charge in [0.1, 0.15) is 15.9 Å². The number of nitrogen functional groups attached to an aromatic ring is 1. The van der Waals surface area contributed by atoms with Gasteiger partial charge in [0.15, 0.2) is 5.82 Å². The van der Waals surface area contributed by atoms with E-state index in [0.29, 0.717) is 29.6 Å². The van der Waals surface area contributed by atoms with Crippen LogP contribution in [0.25, 0.3) is 5.52 Å². The number of nitrogens with zero attached hydrogens (tertiary/aromatic N) is 4. The second-order valence-electron chi connectivity index (χ2n) is 5.78. The summed E-state index contributed by atoms with van der Waals surface area (Å²) in [6, 6.07) is 0.305. The summed E-state index contributed by atoms with van der Waals surface area (Å²) in [4.78, 5) is 22.5. The van der Waals surface area contributed by atoms with Crippen LogP contribution in [0.2, 0.25) is 0 Å². The number of cyclic esters (lactones) is 1. The summed E-state index contributed by atoms with van der Waals surface area (Å²) in [5, 5.41) is 0. The average Bonchev–Trinajstić information content (AvgIpc) is 2.86. The van der Waals surface area contributed by atoms with Crippen LogP contribution in [0, 0.1) is 0 Å². The van der Waals surface area contributed by atoms with Gasteiger partial charge in [-0.25, -0.2) is 14.8 Å². The van der Waals surface area contributed by atoms with Crippen LogP contribution >= 0.6 is 15.9 Å². The van der Waals surface area contributed by atoms with Crippen LogP contribution in [-0.4, -0.2) is 44.6 Å². The first kappa shape index (κ1) is 13.8. The predicted molar refractivity (Wildman–Crippen MR) is 83.5 cm³/mol. The third-order valence-corrected chi connectivity index (χ3v) is 5.10. The van der Waals surface area contributed by atoms with Crippen molar-refractivity contribution in [2.45, 2.75) is 31.2 Å². The zero-order valence-electron chi connectivity index (χ0n) is 11.9. The van der Waals surface area contributed by atoms with E-state index in [1.165, 1.54) is 0 Å². The largest absolute Gasteiger partial charge is 0.449 e. The van der Waals surface area contributed by atoms with Crippen LogP contribution in [0.5, 0.6) is 0 Å². The number of ether oxygens (including phenoxy) is 1. The lowest BCUT2D eigenvalue weighted by Crippen LogP contribution is -2.50. The maximum Gasteiger partial charge on any atom is 0.410 e. The lowest BCUT2D eigenvalue weighted by Gasteiger charge is -2.41. The highest BCUT2D eigenvalue weighted by atomic mass is 79.9. The van der Waals surface area contributed by atoms with Crippen molar-refractivity contribution < 1.29 is 9.53 Å². The first-order valence-corrected chi connectivity index (χ1v) is 8.16. The first-order chi connectivity index (χ1) is 10.6. The maximum atomic E-state index is 12.0. The average molecular weight is 366 g/mol. The van der Waals surface area contributed by atoms with E-state index in [-0.39, 0.29) is 12.0 Å². The SMILES string of the molecule is Nc1nccn2c([C@@H]3CC[C@H]4CCOC(=O)N4C3)nc(Br)c12. The number of carbonyl (C=O) groups is 1. The van der Waals surface area contributed by atoms with E-state index in [1.807, 2.05) is 15.5 Å². The van der Waals surface area contributed by atoms with Crippen molar-refractivity contribution in [2.75, 3.05) is 18.9 Å². The van der Waals surface area contributed by atoms with E-state index in [9.17, 15) is 4.79 Å². The van der Waals surface area contributed by atoms with Gasteiger partial charge < -0.3 is 15.4 Å². The summed E-state index contributed by atoms with van der Waals surface area (Å²) in [6.45, 7) is 1.17. The number of amides is 1. The summed E-state index contributed by atoms with van der Waals surface area (Å²) in [6.07, 6.45) is 6.22.